The van der Waals surface area contributed by atoms with E-state index in [0.29, 0.717) is 11.4 Å². The molecule has 0 fully saturated rings. The monoisotopic (exact) mass is 263 g/mol. The third kappa shape index (κ3) is 3.02. The van der Waals surface area contributed by atoms with Gasteiger partial charge in [0.2, 0.25) is 10.0 Å². The third-order valence-electron chi connectivity index (χ3n) is 2.17. The largest absolute Gasteiger partial charge is 0.497 e. The number of benzene rings is 1. The van der Waals surface area contributed by atoms with Crippen molar-refractivity contribution in [1.29, 1.82) is 0 Å². The highest BCUT2D eigenvalue weighted by Gasteiger charge is 2.17. The van der Waals surface area contributed by atoms with Gasteiger partial charge in [-0.05, 0) is 12.1 Å². The van der Waals surface area contributed by atoms with Gasteiger partial charge in [0, 0.05) is 19.0 Å². The molecule has 6 heteroatoms. The molecule has 1 aromatic carbocycles. The van der Waals surface area contributed by atoms with E-state index >= 15 is 0 Å². The summed E-state index contributed by atoms with van der Waals surface area (Å²) in [6, 6.07) is 6.85. The van der Waals surface area contributed by atoms with Crippen molar-refractivity contribution in [2.75, 3.05) is 30.1 Å². The number of hydrogen-bond acceptors (Lipinski definition) is 3. The van der Waals surface area contributed by atoms with E-state index in [1.54, 1.807) is 24.3 Å². The van der Waals surface area contributed by atoms with Crippen molar-refractivity contribution in [3.05, 3.63) is 24.3 Å². The van der Waals surface area contributed by atoms with Crippen molar-refractivity contribution in [3.63, 3.8) is 0 Å². The Balaban J connectivity index is 3.00. The second-order valence-electron chi connectivity index (χ2n) is 3.17. The molecule has 4 nitrogen and oxygen atoms in total. The summed E-state index contributed by atoms with van der Waals surface area (Å²) in [7, 11) is -0.312. The highest BCUT2D eigenvalue weighted by atomic mass is 35.5. The fourth-order valence-electron chi connectivity index (χ4n) is 1.20. The second-order valence-corrected chi connectivity index (χ2v) is 5.67. The molecule has 1 rings (SSSR count). The maximum Gasteiger partial charge on any atom is 0.236 e. The summed E-state index contributed by atoms with van der Waals surface area (Å²) in [6.07, 6.45) is 0. The molecule has 0 bridgehead atoms. The topological polar surface area (TPSA) is 46.6 Å². The summed E-state index contributed by atoms with van der Waals surface area (Å²) >= 11 is 5.45. The highest BCUT2D eigenvalue weighted by Crippen LogP contribution is 2.22. The van der Waals surface area contributed by atoms with Gasteiger partial charge in [-0.25, -0.2) is 8.42 Å². The fraction of sp³-hybridized carbons (Fsp3) is 0.400. The van der Waals surface area contributed by atoms with Crippen LogP contribution in [-0.4, -0.2) is 34.2 Å². The SMILES string of the molecule is COc1cccc(N(C)S(=O)(=O)CCCl)c1. The van der Waals surface area contributed by atoms with E-state index in [4.69, 9.17) is 16.3 Å². The first-order valence-corrected chi connectivity index (χ1v) is 6.82. The second kappa shape index (κ2) is 5.41. The first-order chi connectivity index (χ1) is 7.51. The Morgan fingerprint density at radius 1 is 1.44 bits per heavy atom. The minimum atomic E-state index is -3.34. The summed E-state index contributed by atoms with van der Waals surface area (Å²) in [6.45, 7) is 0. The smallest absolute Gasteiger partial charge is 0.236 e. The van der Waals surface area contributed by atoms with E-state index in [-0.39, 0.29) is 11.6 Å². The van der Waals surface area contributed by atoms with Crippen molar-refractivity contribution in [3.8, 4) is 5.75 Å². The Morgan fingerprint density at radius 3 is 2.69 bits per heavy atom. The Morgan fingerprint density at radius 2 is 2.12 bits per heavy atom. The Hall–Kier alpha value is -0.940. The predicted octanol–water partition coefficient (Wildman–Crippen LogP) is 1.70. The van der Waals surface area contributed by atoms with Crippen molar-refractivity contribution in [1.82, 2.24) is 0 Å². The zero-order chi connectivity index (χ0) is 12.2. The van der Waals surface area contributed by atoms with Gasteiger partial charge in [0.15, 0.2) is 0 Å². The number of ether oxygens (including phenoxy) is 1. The van der Waals surface area contributed by atoms with Gasteiger partial charge in [0.05, 0.1) is 18.6 Å². The van der Waals surface area contributed by atoms with Gasteiger partial charge in [0.25, 0.3) is 0 Å². The zero-order valence-electron chi connectivity index (χ0n) is 9.18. The van der Waals surface area contributed by atoms with Crippen LogP contribution in [0.5, 0.6) is 5.75 Å². The number of nitrogens with zero attached hydrogens (tertiary/aromatic N) is 1. The molecule has 1 aromatic rings. The van der Waals surface area contributed by atoms with Crippen molar-refractivity contribution in [2.45, 2.75) is 0 Å². The van der Waals surface area contributed by atoms with Crippen molar-refractivity contribution < 1.29 is 13.2 Å². The predicted molar refractivity (Wildman–Crippen MR) is 65.9 cm³/mol. The molecule has 0 N–H and O–H groups in total. The van der Waals surface area contributed by atoms with Gasteiger partial charge in [-0.1, -0.05) is 6.07 Å². The number of halogens is 1. The fourth-order valence-corrected chi connectivity index (χ4v) is 2.69. The normalized spacial score (nSPS) is 11.2. The van der Waals surface area contributed by atoms with Crippen LogP contribution < -0.4 is 9.04 Å². The lowest BCUT2D eigenvalue weighted by Gasteiger charge is -2.19. The molecule has 0 unspecified atom stereocenters. The average molecular weight is 264 g/mol. The molecule has 0 spiro atoms. The summed E-state index contributed by atoms with van der Waals surface area (Å²) in [5, 5.41) is 0. The van der Waals surface area contributed by atoms with E-state index in [2.05, 4.69) is 0 Å². The molecule has 0 atom stereocenters. The number of sulfonamides is 1. The lowest BCUT2D eigenvalue weighted by molar-refractivity contribution is 0.415. The van der Waals surface area contributed by atoms with Crippen LogP contribution in [-0.2, 0) is 10.0 Å². The van der Waals surface area contributed by atoms with Crippen LogP contribution in [0.15, 0.2) is 24.3 Å². The minimum absolute atomic E-state index is 0.0800. The van der Waals surface area contributed by atoms with Gasteiger partial charge in [-0.2, -0.15) is 0 Å². The standard InChI is InChI=1S/C10H14ClNO3S/c1-12(16(13,14)7-6-11)9-4-3-5-10(8-9)15-2/h3-5,8H,6-7H2,1-2H3. The van der Waals surface area contributed by atoms with Crippen LogP contribution in [0.2, 0.25) is 0 Å². The molecule has 0 heterocycles. The molecule has 16 heavy (non-hydrogen) atoms. The summed E-state index contributed by atoms with van der Waals surface area (Å²) < 4.78 is 29.7. The average Bonchev–Trinajstić information content (AvgIpc) is 2.28. The molecular weight excluding hydrogens is 250 g/mol. The zero-order valence-corrected chi connectivity index (χ0v) is 10.8. The van der Waals surface area contributed by atoms with Gasteiger partial charge < -0.3 is 4.74 Å². The van der Waals surface area contributed by atoms with Crippen molar-refractivity contribution >= 4 is 27.3 Å². The van der Waals surface area contributed by atoms with Gasteiger partial charge in [-0.15, -0.1) is 11.6 Å². The van der Waals surface area contributed by atoms with E-state index in [9.17, 15) is 8.42 Å². The van der Waals surface area contributed by atoms with Gasteiger partial charge >= 0.3 is 0 Å². The number of alkyl halides is 1. The molecular formula is C10H14ClNO3S. The first-order valence-electron chi connectivity index (χ1n) is 4.68. The van der Waals surface area contributed by atoms with E-state index in [1.165, 1.54) is 18.5 Å². The Kier molecular flexibility index (Phi) is 4.44. The quantitative estimate of drug-likeness (QED) is 0.760. The van der Waals surface area contributed by atoms with Gasteiger partial charge in [-0.3, -0.25) is 4.31 Å². The number of anilines is 1. The van der Waals surface area contributed by atoms with Crippen LogP contribution in [0.1, 0.15) is 0 Å². The number of rotatable bonds is 5. The summed E-state index contributed by atoms with van der Waals surface area (Å²) in [5.41, 5.74) is 0.560. The lowest BCUT2D eigenvalue weighted by Crippen LogP contribution is -2.29. The maximum absolute atomic E-state index is 11.7. The highest BCUT2D eigenvalue weighted by molar-refractivity contribution is 7.92. The number of methoxy groups -OCH3 is 1. The van der Waals surface area contributed by atoms with Crippen LogP contribution >= 0.6 is 11.6 Å². The Labute approximate surface area is 101 Å². The molecule has 0 radical (unpaired) electrons. The van der Waals surface area contributed by atoms with Crippen molar-refractivity contribution in [2.24, 2.45) is 0 Å². The van der Waals surface area contributed by atoms with E-state index < -0.39 is 10.0 Å². The molecule has 0 amide bonds. The minimum Gasteiger partial charge on any atom is -0.497 e. The number of hydrogen-bond donors (Lipinski definition) is 0. The van der Waals surface area contributed by atoms with Crippen LogP contribution in [0, 0.1) is 0 Å². The van der Waals surface area contributed by atoms with E-state index in [1.807, 2.05) is 0 Å². The van der Waals surface area contributed by atoms with Crippen LogP contribution in [0.4, 0.5) is 5.69 Å². The molecule has 0 aromatic heterocycles. The van der Waals surface area contributed by atoms with Gasteiger partial charge in [0.1, 0.15) is 5.75 Å². The van der Waals surface area contributed by atoms with E-state index in [0.717, 1.165) is 0 Å². The third-order valence-corrected chi connectivity index (χ3v) is 4.35. The molecule has 0 aliphatic heterocycles. The Bertz CT molecular complexity index is 447. The molecule has 0 saturated heterocycles. The molecule has 90 valence electrons. The molecule has 0 aliphatic rings. The molecule has 0 aliphatic carbocycles. The summed E-state index contributed by atoms with van der Waals surface area (Å²) in [4.78, 5) is 0. The maximum atomic E-state index is 11.7. The molecule has 0 saturated carbocycles. The van der Waals surface area contributed by atoms with Crippen LogP contribution in [0.25, 0.3) is 0 Å². The van der Waals surface area contributed by atoms with Crippen LogP contribution in [0.3, 0.4) is 0 Å². The summed E-state index contributed by atoms with van der Waals surface area (Å²) in [5.74, 6) is 0.615. The lowest BCUT2D eigenvalue weighted by atomic mass is 10.3. The first kappa shape index (κ1) is 13.1.